The van der Waals surface area contributed by atoms with E-state index in [4.69, 9.17) is 4.42 Å². The number of anilines is 1. The van der Waals surface area contributed by atoms with Gasteiger partial charge in [0.1, 0.15) is 0 Å². The minimum atomic E-state index is -0.217. The third-order valence-electron chi connectivity index (χ3n) is 3.55. The number of hydrogen-bond acceptors (Lipinski definition) is 6. The highest BCUT2D eigenvalue weighted by atomic mass is 32.2. The molecule has 0 spiro atoms. The fourth-order valence-corrected chi connectivity index (χ4v) is 2.87. The Bertz CT molecular complexity index is 952. The molecule has 0 fully saturated rings. The summed E-state index contributed by atoms with van der Waals surface area (Å²) in [6.45, 7) is 3.47. The molecule has 0 radical (unpaired) electrons. The zero-order valence-electron chi connectivity index (χ0n) is 14.4. The summed E-state index contributed by atoms with van der Waals surface area (Å²) in [5, 5.41) is 11.1. The van der Waals surface area contributed by atoms with Crippen LogP contribution in [0.25, 0.3) is 11.5 Å². The Morgan fingerprint density at radius 1 is 1.12 bits per heavy atom. The predicted octanol–water partition coefficient (Wildman–Crippen LogP) is 3.98. The topological polar surface area (TPSA) is 85.1 Å². The molecule has 0 unspecified atom stereocenters. The molecule has 7 heteroatoms. The monoisotopic (exact) mass is 367 g/mol. The van der Waals surface area contributed by atoms with E-state index in [0.29, 0.717) is 22.4 Å². The van der Waals surface area contributed by atoms with Crippen LogP contribution in [0.5, 0.6) is 0 Å². The van der Waals surface area contributed by atoms with E-state index >= 15 is 0 Å². The molecule has 1 N–H and O–H groups in total. The zero-order valence-corrected chi connectivity index (χ0v) is 15.2. The van der Waals surface area contributed by atoms with Crippen molar-refractivity contribution in [2.75, 3.05) is 11.1 Å². The van der Waals surface area contributed by atoms with E-state index in [9.17, 15) is 9.59 Å². The number of nitrogens with one attached hydrogen (secondary N) is 1. The lowest BCUT2D eigenvalue weighted by molar-refractivity contribution is -0.113. The Hall–Kier alpha value is -2.93. The normalized spacial score (nSPS) is 10.5. The van der Waals surface area contributed by atoms with Gasteiger partial charge in [0.15, 0.2) is 5.78 Å². The Morgan fingerprint density at radius 2 is 1.92 bits per heavy atom. The second-order valence-corrected chi connectivity index (χ2v) is 6.64. The van der Waals surface area contributed by atoms with Gasteiger partial charge in [-0.15, -0.1) is 10.2 Å². The minimum Gasteiger partial charge on any atom is -0.411 e. The summed E-state index contributed by atoms with van der Waals surface area (Å²) >= 11 is 1.16. The summed E-state index contributed by atoms with van der Waals surface area (Å²) in [6.07, 6.45) is 0. The molecule has 3 rings (SSSR count). The number of nitrogens with zero attached hydrogens (tertiary/aromatic N) is 2. The van der Waals surface area contributed by atoms with Gasteiger partial charge in [0, 0.05) is 16.8 Å². The maximum atomic E-state index is 12.1. The highest BCUT2D eigenvalue weighted by Crippen LogP contribution is 2.24. The number of thioether (sulfide) groups is 1. The molecule has 0 aliphatic heterocycles. The fraction of sp³-hybridized carbons (Fsp3) is 0.158. The second-order valence-electron chi connectivity index (χ2n) is 5.72. The first-order valence-electron chi connectivity index (χ1n) is 7.95. The smallest absolute Gasteiger partial charge is 0.277 e. The fourth-order valence-electron chi connectivity index (χ4n) is 2.30. The van der Waals surface area contributed by atoms with Crippen molar-refractivity contribution in [1.29, 1.82) is 0 Å². The van der Waals surface area contributed by atoms with Gasteiger partial charge in [0.05, 0.1) is 5.75 Å². The lowest BCUT2D eigenvalue weighted by atomic mass is 10.1. The second kappa shape index (κ2) is 7.97. The van der Waals surface area contributed by atoms with Crippen molar-refractivity contribution < 1.29 is 14.0 Å². The van der Waals surface area contributed by atoms with Crippen LogP contribution in [0.1, 0.15) is 22.8 Å². The molecular weight excluding hydrogens is 350 g/mol. The van der Waals surface area contributed by atoms with Crippen LogP contribution >= 0.6 is 11.8 Å². The number of carbonyl (C=O) groups is 2. The molecule has 1 aromatic heterocycles. The Morgan fingerprint density at radius 3 is 2.69 bits per heavy atom. The molecular formula is C19H17N3O3S. The third kappa shape index (κ3) is 4.58. The first-order valence-corrected chi connectivity index (χ1v) is 8.94. The van der Waals surface area contributed by atoms with Crippen LogP contribution in [0.15, 0.2) is 58.2 Å². The van der Waals surface area contributed by atoms with Crippen molar-refractivity contribution in [2.45, 2.75) is 19.1 Å². The number of Topliss-reactive ketones (excluding diaryl/α,β-unsaturated/α-hetero) is 1. The Labute approximate surface area is 155 Å². The lowest BCUT2D eigenvalue weighted by Crippen LogP contribution is -2.14. The van der Waals surface area contributed by atoms with E-state index in [2.05, 4.69) is 15.5 Å². The van der Waals surface area contributed by atoms with E-state index in [-0.39, 0.29) is 17.4 Å². The van der Waals surface area contributed by atoms with Crippen molar-refractivity contribution >= 4 is 29.1 Å². The van der Waals surface area contributed by atoms with E-state index in [0.717, 1.165) is 22.9 Å². The number of rotatable bonds is 6. The van der Waals surface area contributed by atoms with Gasteiger partial charge in [-0.05, 0) is 38.1 Å². The molecule has 0 saturated heterocycles. The lowest BCUT2D eigenvalue weighted by Gasteiger charge is -2.05. The van der Waals surface area contributed by atoms with Crippen molar-refractivity contribution in [2.24, 2.45) is 0 Å². The number of hydrogen-bond donors (Lipinski definition) is 1. The number of ketones is 1. The summed E-state index contributed by atoms with van der Waals surface area (Å²) in [5.74, 6) is 0.279. The van der Waals surface area contributed by atoms with Gasteiger partial charge in [0.25, 0.3) is 5.22 Å². The number of aromatic nitrogens is 2. The number of amides is 1. The highest BCUT2D eigenvalue weighted by Gasteiger charge is 2.12. The molecule has 6 nitrogen and oxygen atoms in total. The molecule has 0 aliphatic rings. The first kappa shape index (κ1) is 17.9. The van der Waals surface area contributed by atoms with Crippen molar-refractivity contribution in [3.63, 3.8) is 0 Å². The summed E-state index contributed by atoms with van der Waals surface area (Å²) in [6, 6.07) is 14.6. The molecule has 2 aromatic carbocycles. The molecule has 132 valence electrons. The standard InChI is InChI=1S/C19H17N3O3S/c1-12-5-3-7-15(9-12)18-21-22-19(25-18)26-11-17(24)20-16-8-4-6-14(10-16)13(2)23/h3-10H,11H2,1-2H3,(H,20,24). The molecule has 0 saturated carbocycles. The van der Waals surface area contributed by atoms with Crippen molar-refractivity contribution in [3.8, 4) is 11.5 Å². The molecule has 0 atom stereocenters. The van der Waals surface area contributed by atoms with Gasteiger partial charge in [0.2, 0.25) is 11.8 Å². The summed E-state index contributed by atoms with van der Waals surface area (Å²) < 4.78 is 5.59. The highest BCUT2D eigenvalue weighted by molar-refractivity contribution is 7.99. The Balaban J connectivity index is 1.58. The van der Waals surface area contributed by atoms with Crippen LogP contribution in [0.3, 0.4) is 0 Å². The average molecular weight is 367 g/mol. The van der Waals surface area contributed by atoms with Gasteiger partial charge in [-0.25, -0.2) is 0 Å². The summed E-state index contributed by atoms with van der Waals surface area (Å²) in [7, 11) is 0. The Kier molecular flexibility index (Phi) is 5.48. The number of carbonyl (C=O) groups excluding carboxylic acids is 2. The van der Waals surface area contributed by atoms with E-state index < -0.39 is 0 Å². The molecule has 0 bridgehead atoms. The predicted molar refractivity (Wildman–Crippen MR) is 100 cm³/mol. The van der Waals surface area contributed by atoms with Crippen LogP contribution in [0.4, 0.5) is 5.69 Å². The first-order chi connectivity index (χ1) is 12.5. The summed E-state index contributed by atoms with van der Waals surface area (Å²) in [4.78, 5) is 23.5. The van der Waals surface area contributed by atoms with Crippen molar-refractivity contribution in [3.05, 3.63) is 59.7 Å². The zero-order chi connectivity index (χ0) is 18.5. The van der Waals surface area contributed by atoms with Gasteiger partial charge >= 0.3 is 0 Å². The van der Waals surface area contributed by atoms with Crippen LogP contribution in [0.2, 0.25) is 0 Å². The molecule has 3 aromatic rings. The third-order valence-corrected chi connectivity index (χ3v) is 4.37. The van der Waals surface area contributed by atoms with E-state index in [1.807, 2.05) is 31.2 Å². The maximum Gasteiger partial charge on any atom is 0.277 e. The van der Waals surface area contributed by atoms with Gasteiger partial charge in [-0.2, -0.15) is 0 Å². The summed E-state index contributed by atoms with van der Waals surface area (Å²) in [5.41, 5.74) is 3.07. The van der Waals surface area contributed by atoms with Crippen LogP contribution in [-0.4, -0.2) is 27.6 Å². The molecule has 0 aliphatic carbocycles. The van der Waals surface area contributed by atoms with Gasteiger partial charge in [-0.1, -0.05) is 41.6 Å². The van der Waals surface area contributed by atoms with Crippen LogP contribution < -0.4 is 5.32 Å². The minimum absolute atomic E-state index is 0.0509. The number of aryl methyl sites for hydroxylation is 1. The largest absolute Gasteiger partial charge is 0.411 e. The van der Waals surface area contributed by atoms with E-state index in [1.165, 1.54) is 6.92 Å². The maximum absolute atomic E-state index is 12.1. The molecule has 26 heavy (non-hydrogen) atoms. The SMILES string of the molecule is CC(=O)c1cccc(NC(=O)CSc2nnc(-c3cccc(C)c3)o2)c1. The van der Waals surface area contributed by atoms with Gasteiger partial charge in [-0.3, -0.25) is 9.59 Å². The molecule has 1 heterocycles. The van der Waals surface area contributed by atoms with E-state index in [1.54, 1.807) is 24.3 Å². The van der Waals surface area contributed by atoms with Crippen LogP contribution in [-0.2, 0) is 4.79 Å². The molecule has 1 amide bonds. The van der Waals surface area contributed by atoms with Crippen LogP contribution in [0, 0.1) is 6.92 Å². The average Bonchev–Trinajstić information content (AvgIpc) is 3.09. The number of benzene rings is 2. The van der Waals surface area contributed by atoms with Gasteiger partial charge < -0.3 is 9.73 Å². The quantitative estimate of drug-likeness (QED) is 0.524. The van der Waals surface area contributed by atoms with Crippen molar-refractivity contribution in [1.82, 2.24) is 10.2 Å².